The molecule has 2 aliphatic rings. The SMILES string of the molecule is CC=CCC1CCC(C2CCC(COCCC)CC2)CC1. The molecule has 0 aromatic heterocycles. The number of hydrogen-bond donors (Lipinski definition) is 0. The van der Waals surface area contributed by atoms with E-state index in [-0.39, 0.29) is 0 Å². The van der Waals surface area contributed by atoms with Crippen LogP contribution in [0.4, 0.5) is 0 Å². The minimum absolute atomic E-state index is 0.860. The van der Waals surface area contributed by atoms with Crippen molar-refractivity contribution in [2.45, 2.75) is 78.1 Å². The van der Waals surface area contributed by atoms with Crippen LogP contribution >= 0.6 is 0 Å². The molecule has 2 rings (SSSR count). The molecule has 0 bridgehead atoms. The molecule has 0 spiro atoms. The smallest absolute Gasteiger partial charge is 0.0494 e. The average Bonchev–Trinajstić information content (AvgIpc) is 2.54. The van der Waals surface area contributed by atoms with E-state index in [2.05, 4.69) is 26.0 Å². The predicted molar refractivity (Wildman–Crippen MR) is 91.4 cm³/mol. The highest BCUT2D eigenvalue weighted by atomic mass is 16.5. The van der Waals surface area contributed by atoms with Crippen LogP contribution in [-0.4, -0.2) is 13.2 Å². The Balaban J connectivity index is 1.62. The minimum atomic E-state index is 0.860. The Labute approximate surface area is 132 Å². The summed E-state index contributed by atoms with van der Waals surface area (Å²) < 4.78 is 5.75. The second kappa shape index (κ2) is 9.66. The number of hydrogen-bond acceptors (Lipinski definition) is 1. The van der Waals surface area contributed by atoms with Crippen molar-refractivity contribution < 1.29 is 4.74 Å². The fourth-order valence-corrected chi connectivity index (χ4v) is 4.44. The molecule has 1 nitrogen and oxygen atoms in total. The highest BCUT2D eigenvalue weighted by molar-refractivity contribution is 4.86. The molecule has 1 heteroatoms. The van der Waals surface area contributed by atoms with Crippen LogP contribution in [0, 0.1) is 23.7 Å². The second-order valence-corrected chi connectivity index (χ2v) is 7.44. The van der Waals surface area contributed by atoms with Gasteiger partial charge in [0.05, 0.1) is 0 Å². The van der Waals surface area contributed by atoms with Crippen molar-refractivity contribution in [1.82, 2.24) is 0 Å². The molecule has 0 aliphatic heterocycles. The van der Waals surface area contributed by atoms with Gasteiger partial charge in [-0.3, -0.25) is 0 Å². The van der Waals surface area contributed by atoms with Gasteiger partial charge >= 0.3 is 0 Å². The molecule has 2 aliphatic carbocycles. The van der Waals surface area contributed by atoms with E-state index in [1.807, 2.05) is 0 Å². The molecule has 0 aromatic carbocycles. The third-order valence-corrected chi connectivity index (χ3v) is 5.86. The van der Waals surface area contributed by atoms with Crippen molar-refractivity contribution in [3.8, 4) is 0 Å². The summed E-state index contributed by atoms with van der Waals surface area (Å²) in [6.07, 6.45) is 18.8. The molecule has 0 N–H and O–H groups in total. The largest absolute Gasteiger partial charge is 0.381 e. The summed E-state index contributed by atoms with van der Waals surface area (Å²) in [5.41, 5.74) is 0. The van der Waals surface area contributed by atoms with Gasteiger partial charge in [0, 0.05) is 13.2 Å². The Kier molecular flexibility index (Phi) is 7.85. The van der Waals surface area contributed by atoms with Crippen molar-refractivity contribution in [1.29, 1.82) is 0 Å². The highest BCUT2D eigenvalue weighted by Crippen LogP contribution is 2.42. The van der Waals surface area contributed by atoms with Crippen molar-refractivity contribution in [2.24, 2.45) is 23.7 Å². The highest BCUT2D eigenvalue weighted by Gasteiger charge is 2.30. The molecule has 0 saturated heterocycles. The molecule has 0 atom stereocenters. The standard InChI is InChI=1S/C20H36O/c1-3-5-6-17-7-11-19(12-8-17)20-13-9-18(10-14-20)16-21-15-4-2/h3,5,17-20H,4,6-16H2,1-2H3. The topological polar surface area (TPSA) is 9.23 Å². The van der Waals surface area contributed by atoms with E-state index in [0.29, 0.717) is 0 Å². The van der Waals surface area contributed by atoms with E-state index in [1.54, 1.807) is 0 Å². The number of rotatable bonds is 7. The van der Waals surface area contributed by atoms with E-state index in [4.69, 9.17) is 4.74 Å². The van der Waals surface area contributed by atoms with Crippen molar-refractivity contribution >= 4 is 0 Å². The summed E-state index contributed by atoms with van der Waals surface area (Å²) >= 11 is 0. The van der Waals surface area contributed by atoms with Gasteiger partial charge in [-0.05, 0) is 94.8 Å². The summed E-state index contributed by atoms with van der Waals surface area (Å²) in [4.78, 5) is 0. The van der Waals surface area contributed by atoms with Crippen LogP contribution in [-0.2, 0) is 4.74 Å². The Morgan fingerprint density at radius 1 is 0.857 bits per heavy atom. The van der Waals surface area contributed by atoms with Crippen molar-refractivity contribution in [3.63, 3.8) is 0 Å². The summed E-state index contributed by atoms with van der Waals surface area (Å²) in [6, 6.07) is 0. The molecule has 2 saturated carbocycles. The van der Waals surface area contributed by atoms with Gasteiger partial charge < -0.3 is 4.74 Å². The molecule has 0 heterocycles. The minimum Gasteiger partial charge on any atom is -0.381 e. The number of allylic oxidation sites excluding steroid dienone is 2. The molecule has 122 valence electrons. The van der Waals surface area contributed by atoms with Crippen LogP contribution in [0.5, 0.6) is 0 Å². The third-order valence-electron chi connectivity index (χ3n) is 5.86. The lowest BCUT2D eigenvalue weighted by molar-refractivity contribution is 0.0652. The van der Waals surface area contributed by atoms with Gasteiger partial charge in [0.1, 0.15) is 0 Å². The van der Waals surface area contributed by atoms with Gasteiger partial charge in [0.25, 0.3) is 0 Å². The molecule has 0 radical (unpaired) electrons. The lowest BCUT2D eigenvalue weighted by Gasteiger charge is -2.37. The maximum Gasteiger partial charge on any atom is 0.0494 e. The van der Waals surface area contributed by atoms with Gasteiger partial charge in [-0.1, -0.05) is 19.1 Å². The van der Waals surface area contributed by atoms with Gasteiger partial charge in [-0.25, -0.2) is 0 Å². The van der Waals surface area contributed by atoms with Crippen LogP contribution < -0.4 is 0 Å². The molecule has 0 unspecified atom stereocenters. The van der Waals surface area contributed by atoms with Crippen LogP contribution in [0.1, 0.15) is 78.1 Å². The molecule has 0 aromatic rings. The first-order valence-corrected chi connectivity index (χ1v) is 9.52. The van der Waals surface area contributed by atoms with E-state index < -0.39 is 0 Å². The normalized spacial score (nSPS) is 34.4. The Bertz CT molecular complexity index is 280. The molecule has 2 fully saturated rings. The molecule has 0 amide bonds. The average molecular weight is 293 g/mol. The second-order valence-electron chi connectivity index (χ2n) is 7.44. The molecular weight excluding hydrogens is 256 g/mol. The van der Waals surface area contributed by atoms with Crippen LogP contribution in [0.3, 0.4) is 0 Å². The van der Waals surface area contributed by atoms with Crippen LogP contribution in [0.15, 0.2) is 12.2 Å². The van der Waals surface area contributed by atoms with Crippen molar-refractivity contribution in [2.75, 3.05) is 13.2 Å². The Morgan fingerprint density at radius 2 is 1.43 bits per heavy atom. The summed E-state index contributed by atoms with van der Waals surface area (Å²) in [6.45, 7) is 6.32. The summed E-state index contributed by atoms with van der Waals surface area (Å²) in [5.74, 6) is 3.93. The zero-order valence-electron chi connectivity index (χ0n) is 14.4. The summed E-state index contributed by atoms with van der Waals surface area (Å²) in [5, 5.41) is 0. The lowest BCUT2D eigenvalue weighted by Crippen LogP contribution is -2.27. The van der Waals surface area contributed by atoms with E-state index >= 15 is 0 Å². The van der Waals surface area contributed by atoms with E-state index in [1.165, 1.54) is 57.8 Å². The predicted octanol–water partition coefficient (Wildman–Crippen LogP) is 5.99. The fourth-order valence-electron chi connectivity index (χ4n) is 4.44. The first-order chi connectivity index (χ1) is 10.3. The third kappa shape index (κ3) is 5.77. The fraction of sp³-hybridized carbons (Fsp3) is 0.900. The zero-order chi connectivity index (χ0) is 14.9. The van der Waals surface area contributed by atoms with Gasteiger partial charge in [0.2, 0.25) is 0 Å². The molecular formula is C20H36O. The first kappa shape index (κ1) is 17.1. The summed E-state index contributed by atoms with van der Waals surface area (Å²) in [7, 11) is 0. The maximum atomic E-state index is 5.75. The monoisotopic (exact) mass is 292 g/mol. The van der Waals surface area contributed by atoms with Gasteiger partial charge in [0.15, 0.2) is 0 Å². The van der Waals surface area contributed by atoms with Gasteiger partial charge in [-0.2, -0.15) is 0 Å². The van der Waals surface area contributed by atoms with E-state index in [0.717, 1.165) is 43.3 Å². The Morgan fingerprint density at radius 3 is 1.95 bits per heavy atom. The quantitative estimate of drug-likeness (QED) is 0.413. The van der Waals surface area contributed by atoms with Crippen molar-refractivity contribution in [3.05, 3.63) is 12.2 Å². The van der Waals surface area contributed by atoms with Crippen LogP contribution in [0.25, 0.3) is 0 Å². The molecule has 21 heavy (non-hydrogen) atoms. The van der Waals surface area contributed by atoms with Crippen LogP contribution in [0.2, 0.25) is 0 Å². The number of ether oxygens (including phenoxy) is 1. The first-order valence-electron chi connectivity index (χ1n) is 9.52. The zero-order valence-corrected chi connectivity index (χ0v) is 14.4. The van der Waals surface area contributed by atoms with Gasteiger partial charge in [-0.15, -0.1) is 0 Å². The lowest BCUT2D eigenvalue weighted by atomic mass is 9.69. The maximum absolute atomic E-state index is 5.75. The van der Waals surface area contributed by atoms with E-state index in [9.17, 15) is 0 Å². The Hall–Kier alpha value is -0.300.